The van der Waals surface area contributed by atoms with E-state index in [1.54, 1.807) is 29.4 Å². The Morgan fingerprint density at radius 1 is 1.35 bits per heavy atom. The number of nitrogen functional groups attached to an aromatic ring is 1. The van der Waals surface area contributed by atoms with Crippen LogP contribution in [0.25, 0.3) is 0 Å². The van der Waals surface area contributed by atoms with E-state index in [0.717, 1.165) is 0 Å². The molecule has 2 rings (SSSR count). The molecule has 0 aliphatic heterocycles. The zero-order valence-corrected chi connectivity index (χ0v) is 11.4. The van der Waals surface area contributed by atoms with Crippen LogP contribution in [-0.2, 0) is 6.54 Å². The number of nitrogens with zero attached hydrogens (tertiary/aromatic N) is 1. The maximum absolute atomic E-state index is 12.1. The highest BCUT2D eigenvalue weighted by atomic mass is 32.1. The van der Waals surface area contributed by atoms with Crippen LogP contribution in [0, 0.1) is 6.92 Å². The Labute approximate surface area is 108 Å². The Kier molecular flexibility index (Phi) is 3.49. The fourth-order valence-electron chi connectivity index (χ4n) is 1.52. The monoisotopic (exact) mass is 266 g/mol. The summed E-state index contributed by atoms with van der Waals surface area (Å²) in [7, 11) is 1.81. The van der Waals surface area contributed by atoms with Gasteiger partial charge in [-0.25, -0.2) is 0 Å². The largest absolute Gasteiger partial charge is 0.397 e. The maximum atomic E-state index is 12.1. The molecule has 0 aromatic carbocycles. The Balaban J connectivity index is 2.11. The molecule has 0 atom stereocenters. The lowest BCUT2D eigenvalue weighted by Gasteiger charge is -2.16. The van der Waals surface area contributed by atoms with E-state index in [4.69, 9.17) is 5.73 Å². The first kappa shape index (κ1) is 12.1. The van der Waals surface area contributed by atoms with Crippen molar-refractivity contribution in [3.05, 3.63) is 38.2 Å². The van der Waals surface area contributed by atoms with Crippen molar-refractivity contribution in [2.24, 2.45) is 0 Å². The molecule has 0 aliphatic rings. The predicted octanol–water partition coefficient (Wildman–Crippen LogP) is 2.97. The third kappa shape index (κ3) is 2.50. The van der Waals surface area contributed by atoms with Crippen LogP contribution in [0.2, 0.25) is 0 Å². The summed E-state index contributed by atoms with van der Waals surface area (Å²) in [6.45, 7) is 2.70. The molecule has 0 saturated heterocycles. The summed E-state index contributed by atoms with van der Waals surface area (Å²) in [6, 6.07) is 3.83. The lowest BCUT2D eigenvalue weighted by atomic mass is 10.2. The van der Waals surface area contributed by atoms with Gasteiger partial charge in [0.1, 0.15) is 4.88 Å². The molecule has 2 N–H and O–H groups in total. The van der Waals surface area contributed by atoms with E-state index < -0.39 is 0 Å². The Morgan fingerprint density at radius 3 is 2.59 bits per heavy atom. The van der Waals surface area contributed by atoms with Crippen molar-refractivity contribution >= 4 is 34.3 Å². The van der Waals surface area contributed by atoms with E-state index in [2.05, 4.69) is 13.0 Å². The number of thiophene rings is 2. The maximum Gasteiger partial charge on any atom is 0.266 e. The molecule has 2 aromatic rings. The van der Waals surface area contributed by atoms with Crippen LogP contribution in [0.5, 0.6) is 0 Å². The minimum atomic E-state index is -0.00898. The fraction of sp³-hybridized carbons (Fsp3) is 0.250. The molecule has 5 heteroatoms. The zero-order chi connectivity index (χ0) is 12.4. The van der Waals surface area contributed by atoms with Gasteiger partial charge in [-0.05, 0) is 35.4 Å². The Morgan fingerprint density at radius 2 is 2.06 bits per heavy atom. The number of nitrogens with two attached hydrogens (primary N) is 1. The summed E-state index contributed by atoms with van der Waals surface area (Å²) in [5.74, 6) is -0.00898. The van der Waals surface area contributed by atoms with Crippen LogP contribution in [0.3, 0.4) is 0 Å². The van der Waals surface area contributed by atoms with Gasteiger partial charge in [0.05, 0.1) is 12.2 Å². The first-order valence-electron chi connectivity index (χ1n) is 5.21. The van der Waals surface area contributed by atoms with E-state index in [-0.39, 0.29) is 5.91 Å². The van der Waals surface area contributed by atoms with Crippen molar-refractivity contribution < 1.29 is 4.79 Å². The van der Waals surface area contributed by atoms with Crippen molar-refractivity contribution in [1.82, 2.24) is 4.90 Å². The summed E-state index contributed by atoms with van der Waals surface area (Å²) in [5, 5.41) is 3.88. The van der Waals surface area contributed by atoms with Crippen LogP contribution in [0.4, 0.5) is 5.69 Å². The smallest absolute Gasteiger partial charge is 0.266 e. The van der Waals surface area contributed by atoms with E-state index >= 15 is 0 Å². The molecule has 1 amide bonds. The van der Waals surface area contributed by atoms with Gasteiger partial charge in [-0.2, -0.15) is 0 Å². The molecule has 0 fully saturated rings. The lowest BCUT2D eigenvalue weighted by molar-refractivity contribution is 0.0792. The Hall–Kier alpha value is -1.33. The quantitative estimate of drug-likeness (QED) is 0.928. The molecule has 2 aromatic heterocycles. The standard InChI is InChI=1S/C12H14N2OS2/c1-8-3-5-16-10(8)7-14(2)12(15)11-9(13)4-6-17-11/h3-6H,7,13H2,1-2H3. The molecule has 0 aliphatic carbocycles. The van der Waals surface area contributed by atoms with Crippen LogP contribution in [0.15, 0.2) is 22.9 Å². The lowest BCUT2D eigenvalue weighted by Crippen LogP contribution is -2.25. The second-order valence-corrected chi connectivity index (χ2v) is 5.81. The van der Waals surface area contributed by atoms with Gasteiger partial charge >= 0.3 is 0 Å². The normalized spacial score (nSPS) is 10.5. The topological polar surface area (TPSA) is 46.3 Å². The fourth-order valence-corrected chi connectivity index (χ4v) is 3.29. The molecule has 0 radical (unpaired) electrons. The number of carbonyl (C=O) groups excluding carboxylic acids is 1. The zero-order valence-electron chi connectivity index (χ0n) is 9.77. The first-order chi connectivity index (χ1) is 8.09. The summed E-state index contributed by atoms with van der Waals surface area (Å²) in [4.78, 5) is 15.7. The molecule has 17 heavy (non-hydrogen) atoms. The number of hydrogen-bond donors (Lipinski definition) is 1. The minimum absolute atomic E-state index is 0.00898. The van der Waals surface area contributed by atoms with Gasteiger partial charge in [0.25, 0.3) is 5.91 Å². The van der Waals surface area contributed by atoms with Crippen molar-refractivity contribution in [3.63, 3.8) is 0 Å². The highest BCUT2D eigenvalue weighted by Gasteiger charge is 2.17. The van der Waals surface area contributed by atoms with Crippen LogP contribution < -0.4 is 5.73 Å². The van der Waals surface area contributed by atoms with E-state index in [9.17, 15) is 4.79 Å². The van der Waals surface area contributed by atoms with Crippen LogP contribution in [0.1, 0.15) is 20.1 Å². The summed E-state index contributed by atoms with van der Waals surface area (Å²) in [5.41, 5.74) is 7.54. The highest BCUT2D eigenvalue weighted by Crippen LogP contribution is 2.23. The van der Waals surface area contributed by atoms with Crippen molar-refractivity contribution in [3.8, 4) is 0 Å². The number of carbonyl (C=O) groups is 1. The summed E-state index contributed by atoms with van der Waals surface area (Å²) >= 11 is 3.06. The van der Waals surface area contributed by atoms with Gasteiger partial charge in [-0.15, -0.1) is 22.7 Å². The molecular formula is C12H14N2OS2. The third-order valence-corrected chi connectivity index (χ3v) is 4.51. The average molecular weight is 266 g/mol. The highest BCUT2D eigenvalue weighted by molar-refractivity contribution is 7.12. The number of amides is 1. The van der Waals surface area contributed by atoms with Gasteiger partial charge in [-0.1, -0.05) is 0 Å². The number of anilines is 1. The van der Waals surface area contributed by atoms with Gasteiger partial charge in [0, 0.05) is 11.9 Å². The number of hydrogen-bond acceptors (Lipinski definition) is 4. The number of aryl methyl sites for hydroxylation is 1. The molecule has 90 valence electrons. The van der Waals surface area contributed by atoms with Crippen molar-refractivity contribution in [2.45, 2.75) is 13.5 Å². The molecule has 3 nitrogen and oxygen atoms in total. The van der Waals surface area contributed by atoms with E-state index in [0.29, 0.717) is 17.1 Å². The summed E-state index contributed by atoms with van der Waals surface area (Å²) in [6.07, 6.45) is 0. The second-order valence-electron chi connectivity index (χ2n) is 3.89. The Bertz CT molecular complexity index is 530. The molecule has 0 saturated carbocycles. The summed E-state index contributed by atoms with van der Waals surface area (Å²) < 4.78 is 0. The van der Waals surface area contributed by atoms with E-state index in [1.807, 2.05) is 10.8 Å². The van der Waals surface area contributed by atoms with Crippen LogP contribution in [-0.4, -0.2) is 17.9 Å². The molecular weight excluding hydrogens is 252 g/mol. The van der Waals surface area contributed by atoms with Gasteiger partial charge in [-0.3, -0.25) is 4.79 Å². The van der Waals surface area contributed by atoms with Crippen molar-refractivity contribution in [2.75, 3.05) is 12.8 Å². The third-order valence-electron chi connectivity index (χ3n) is 2.59. The second kappa shape index (κ2) is 4.89. The molecule has 0 unspecified atom stereocenters. The SMILES string of the molecule is Cc1ccsc1CN(C)C(=O)c1sccc1N. The molecule has 0 bridgehead atoms. The minimum Gasteiger partial charge on any atom is -0.397 e. The predicted molar refractivity (Wildman–Crippen MR) is 73.6 cm³/mol. The van der Waals surface area contributed by atoms with Gasteiger partial charge < -0.3 is 10.6 Å². The number of rotatable bonds is 3. The first-order valence-corrected chi connectivity index (χ1v) is 6.97. The van der Waals surface area contributed by atoms with Gasteiger partial charge in [0.15, 0.2) is 0 Å². The van der Waals surface area contributed by atoms with E-state index in [1.165, 1.54) is 21.8 Å². The molecule has 2 heterocycles. The van der Waals surface area contributed by atoms with Crippen LogP contribution >= 0.6 is 22.7 Å². The molecule has 0 spiro atoms. The van der Waals surface area contributed by atoms with Crippen molar-refractivity contribution in [1.29, 1.82) is 0 Å². The average Bonchev–Trinajstić information content (AvgIpc) is 2.88. The van der Waals surface area contributed by atoms with Gasteiger partial charge in [0.2, 0.25) is 0 Å².